The van der Waals surface area contributed by atoms with Crippen LogP contribution in [0.4, 0.5) is 0 Å². The lowest BCUT2D eigenvalue weighted by atomic mass is 10.00. The molecular formula is C36H44N4O6. The van der Waals surface area contributed by atoms with Crippen LogP contribution in [0.25, 0.3) is 0 Å². The van der Waals surface area contributed by atoms with Gasteiger partial charge >= 0.3 is 0 Å². The number of nitrogens with zero attached hydrogens (tertiary/aromatic N) is 1. The van der Waals surface area contributed by atoms with Gasteiger partial charge in [-0.1, -0.05) is 44.2 Å². The molecule has 4 rings (SSSR count). The summed E-state index contributed by atoms with van der Waals surface area (Å²) in [5.41, 5.74) is 2.49. The number of aryl methyl sites for hydroxylation is 1. The van der Waals surface area contributed by atoms with Crippen molar-refractivity contribution < 1.29 is 28.7 Å². The number of hydrogen-bond donors (Lipinski definition) is 3. The van der Waals surface area contributed by atoms with Gasteiger partial charge in [0.2, 0.25) is 11.8 Å². The van der Waals surface area contributed by atoms with Crippen molar-refractivity contribution in [2.75, 3.05) is 33.9 Å². The molecule has 0 aliphatic carbocycles. The fourth-order valence-corrected chi connectivity index (χ4v) is 5.60. The van der Waals surface area contributed by atoms with Crippen molar-refractivity contribution in [2.45, 2.75) is 51.6 Å². The summed E-state index contributed by atoms with van der Waals surface area (Å²) in [7, 11) is 3.15. The molecule has 3 aromatic carbocycles. The third-order valence-electron chi connectivity index (χ3n) is 7.89. The van der Waals surface area contributed by atoms with E-state index in [9.17, 15) is 19.2 Å². The van der Waals surface area contributed by atoms with E-state index in [-0.39, 0.29) is 43.1 Å². The smallest absolute Gasteiger partial charge is 0.254 e. The molecule has 10 nitrogen and oxygen atoms in total. The van der Waals surface area contributed by atoms with Crippen LogP contribution in [0, 0.1) is 5.92 Å². The predicted octanol–water partition coefficient (Wildman–Crippen LogP) is 3.78. The van der Waals surface area contributed by atoms with E-state index in [0.717, 1.165) is 11.1 Å². The molecule has 0 radical (unpaired) electrons. The van der Waals surface area contributed by atoms with E-state index >= 15 is 0 Å². The first-order valence-corrected chi connectivity index (χ1v) is 15.7. The fourth-order valence-electron chi connectivity index (χ4n) is 5.60. The highest BCUT2D eigenvalue weighted by molar-refractivity contribution is 5.98. The van der Waals surface area contributed by atoms with Crippen molar-refractivity contribution >= 4 is 23.6 Å². The fraction of sp³-hybridized carbons (Fsp3) is 0.389. The summed E-state index contributed by atoms with van der Waals surface area (Å²) in [4.78, 5) is 55.9. The van der Waals surface area contributed by atoms with E-state index in [1.54, 1.807) is 56.7 Å². The van der Waals surface area contributed by atoms with Crippen molar-refractivity contribution in [2.24, 2.45) is 5.92 Å². The molecule has 0 saturated carbocycles. The summed E-state index contributed by atoms with van der Waals surface area (Å²) in [5, 5.41) is 8.99. The van der Waals surface area contributed by atoms with Gasteiger partial charge < -0.3 is 30.3 Å². The number of rotatable bonds is 7. The first-order chi connectivity index (χ1) is 22.2. The second kappa shape index (κ2) is 16.5. The minimum Gasteiger partial charge on any atom is -0.497 e. The Bertz CT molecular complexity index is 1490. The first-order valence-electron chi connectivity index (χ1n) is 15.7. The number of nitrogens with one attached hydrogen (secondary N) is 3. The van der Waals surface area contributed by atoms with E-state index in [1.807, 2.05) is 44.2 Å². The number of ether oxygens (including phenoxy) is 2. The molecule has 1 heterocycles. The zero-order valence-electron chi connectivity index (χ0n) is 27.0. The second-order valence-corrected chi connectivity index (χ2v) is 11.9. The largest absolute Gasteiger partial charge is 0.497 e. The minimum absolute atomic E-state index is 0.117. The highest BCUT2D eigenvalue weighted by Gasteiger charge is 2.28. The van der Waals surface area contributed by atoms with E-state index < -0.39 is 18.0 Å². The molecule has 10 heteroatoms. The van der Waals surface area contributed by atoms with Crippen molar-refractivity contribution in [1.82, 2.24) is 20.9 Å². The molecule has 1 aliphatic rings. The first kappa shape index (κ1) is 34.0. The third kappa shape index (κ3) is 9.57. The Labute approximate surface area is 270 Å². The van der Waals surface area contributed by atoms with E-state index in [4.69, 9.17) is 9.47 Å². The molecule has 3 aromatic rings. The van der Waals surface area contributed by atoms with E-state index in [1.165, 1.54) is 4.90 Å². The van der Waals surface area contributed by atoms with Gasteiger partial charge in [0.05, 0.1) is 20.8 Å². The number of carbonyl (C=O) groups is 4. The van der Waals surface area contributed by atoms with Crippen molar-refractivity contribution in [3.05, 3.63) is 95.1 Å². The molecule has 0 aromatic heterocycles. The lowest BCUT2D eigenvalue weighted by Crippen LogP contribution is -2.54. The molecule has 0 spiro atoms. The summed E-state index contributed by atoms with van der Waals surface area (Å²) >= 11 is 0. The monoisotopic (exact) mass is 628 g/mol. The zero-order valence-corrected chi connectivity index (χ0v) is 27.0. The minimum atomic E-state index is -0.918. The number of amides is 4. The number of methoxy groups -OCH3 is 2. The van der Waals surface area contributed by atoms with Crippen molar-refractivity contribution in [3.8, 4) is 11.5 Å². The van der Waals surface area contributed by atoms with Gasteiger partial charge in [-0.25, -0.2) is 0 Å². The molecular weight excluding hydrogens is 584 g/mol. The molecule has 4 amide bonds. The number of hydrogen-bond acceptors (Lipinski definition) is 6. The van der Waals surface area contributed by atoms with E-state index in [0.29, 0.717) is 48.4 Å². The van der Waals surface area contributed by atoms with Gasteiger partial charge in [0.1, 0.15) is 17.5 Å². The lowest BCUT2D eigenvalue weighted by molar-refractivity contribution is -0.123. The lowest BCUT2D eigenvalue weighted by Gasteiger charge is -2.30. The summed E-state index contributed by atoms with van der Waals surface area (Å²) in [6.45, 7) is 4.39. The zero-order chi connectivity index (χ0) is 33.1. The Balaban J connectivity index is 1.70. The highest BCUT2D eigenvalue weighted by atomic mass is 16.5. The van der Waals surface area contributed by atoms with Crippen LogP contribution in [0.3, 0.4) is 0 Å². The molecule has 46 heavy (non-hydrogen) atoms. The molecule has 2 bridgehead atoms. The van der Waals surface area contributed by atoms with Crippen LogP contribution < -0.4 is 25.4 Å². The van der Waals surface area contributed by atoms with Crippen LogP contribution in [-0.4, -0.2) is 74.5 Å². The van der Waals surface area contributed by atoms with Gasteiger partial charge in [-0.2, -0.15) is 0 Å². The maximum Gasteiger partial charge on any atom is 0.254 e. The van der Waals surface area contributed by atoms with Gasteiger partial charge in [-0.05, 0) is 78.8 Å². The van der Waals surface area contributed by atoms with Gasteiger partial charge in [-0.15, -0.1) is 0 Å². The highest BCUT2D eigenvalue weighted by Crippen LogP contribution is 2.22. The number of fused-ring (bicyclic) bond motifs is 2. The topological polar surface area (TPSA) is 126 Å². The molecule has 2 atom stereocenters. The summed E-state index contributed by atoms with van der Waals surface area (Å²) in [6, 6.07) is 19.9. The number of carbonyl (C=O) groups excluding carboxylic acids is 4. The Morgan fingerprint density at radius 1 is 0.935 bits per heavy atom. The Kier molecular flexibility index (Phi) is 12.2. The normalized spacial score (nSPS) is 18.2. The summed E-state index contributed by atoms with van der Waals surface area (Å²) in [5.74, 6) is 0.111. The molecule has 0 unspecified atom stereocenters. The summed E-state index contributed by atoms with van der Waals surface area (Å²) < 4.78 is 10.8. The predicted molar refractivity (Wildman–Crippen MR) is 176 cm³/mol. The summed E-state index contributed by atoms with van der Waals surface area (Å²) in [6.07, 6.45) is 1.92. The molecule has 1 aliphatic heterocycles. The van der Waals surface area contributed by atoms with Gasteiger partial charge in [0, 0.05) is 36.7 Å². The average molecular weight is 629 g/mol. The molecule has 0 saturated heterocycles. The Morgan fingerprint density at radius 2 is 1.67 bits per heavy atom. The Morgan fingerprint density at radius 3 is 2.35 bits per heavy atom. The molecule has 3 N–H and O–H groups in total. The van der Waals surface area contributed by atoms with Crippen LogP contribution in [0.2, 0.25) is 0 Å². The van der Waals surface area contributed by atoms with Gasteiger partial charge in [-0.3, -0.25) is 19.2 Å². The van der Waals surface area contributed by atoms with Crippen LogP contribution in [0.1, 0.15) is 58.5 Å². The third-order valence-corrected chi connectivity index (χ3v) is 7.89. The van der Waals surface area contributed by atoms with Crippen LogP contribution in [0.15, 0.2) is 72.8 Å². The van der Waals surface area contributed by atoms with Crippen molar-refractivity contribution in [3.63, 3.8) is 0 Å². The van der Waals surface area contributed by atoms with Crippen molar-refractivity contribution in [1.29, 1.82) is 0 Å². The quantitative estimate of drug-likeness (QED) is 0.366. The second-order valence-electron chi connectivity index (χ2n) is 11.9. The number of benzene rings is 3. The van der Waals surface area contributed by atoms with Crippen LogP contribution >= 0.6 is 0 Å². The Hall–Kier alpha value is -4.86. The molecule has 0 fully saturated rings. The average Bonchev–Trinajstić information content (AvgIpc) is 3.05. The standard InChI is InChI=1S/C36H44N4O6/c1-24(2)19-29-22-40(36(44)26-9-6-5-7-10-26)23-33(41)37-18-8-11-27-21-28(14-17-32(27)46-4)34(42)39-31(35(43)38-29)20-25-12-15-30(45-3)16-13-25/h5-7,9-10,12-17,21,24,29,31H,8,11,18-20,22-23H2,1-4H3,(H,37,41)(H,38,43)(H,39,42)/t29-,31-/m0/s1. The molecule has 244 valence electrons. The maximum atomic E-state index is 14.0. The SMILES string of the molecule is COc1ccc(C[C@@H]2NC(=O)c3ccc(OC)c(c3)CCCNC(=O)CN(C(=O)c3ccccc3)C[C@H](CC(C)C)NC2=O)cc1. The maximum absolute atomic E-state index is 14.0. The van der Waals surface area contributed by atoms with E-state index in [2.05, 4.69) is 16.0 Å². The van der Waals surface area contributed by atoms with Gasteiger partial charge in [0.15, 0.2) is 0 Å². The van der Waals surface area contributed by atoms with Gasteiger partial charge in [0.25, 0.3) is 11.8 Å². The van der Waals surface area contributed by atoms with Crippen LogP contribution in [-0.2, 0) is 22.4 Å². The van der Waals surface area contributed by atoms with Crippen LogP contribution in [0.5, 0.6) is 11.5 Å².